The molecule has 1 N–H and O–H groups in total. The Morgan fingerprint density at radius 3 is 2.41 bits per heavy atom. The third-order valence-corrected chi connectivity index (χ3v) is 4.19. The lowest BCUT2D eigenvalue weighted by Gasteiger charge is -2.28. The molecule has 0 bridgehead atoms. The molecule has 17 heavy (non-hydrogen) atoms. The predicted octanol–water partition coefficient (Wildman–Crippen LogP) is 2.72. The molecule has 1 saturated heterocycles. The van der Waals surface area contributed by atoms with Crippen molar-refractivity contribution in [1.82, 2.24) is 0 Å². The standard InChI is InChI=1S/C14H26O3/c15-11-13-6-4-12(5-7-13)8-10-17-14-3-1-2-9-16-14/h12-15H,1-11H2. The SMILES string of the molecule is OCC1CCC(CCOC2CCCCO2)CC1. The average molecular weight is 242 g/mol. The van der Waals surface area contributed by atoms with Gasteiger partial charge in [-0.05, 0) is 50.4 Å². The molecule has 0 amide bonds. The van der Waals surface area contributed by atoms with Crippen molar-refractivity contribution >= 4 is 0 Å². The molecule has 2 fully saturated rings. The first-order valence-corrected chi connectivity index (χ1v) is 7.22. The van der Waals surface area contributed by atoms with Crippen molar-refractivity contribution in [2.24, 2.45) is 11.8 Å². The van der Waals surface area contributed by atoms with Gasteiger partial charge in [0.15, 0.2) is 6.29 Å². The Balaban J connectivity index is 1.53. The van der Waals surface area contributed by atoms with Gasteiger partial charge in [-0.1, -0.05) is 12.8 Å². The molecule has 0 radical (unpaired) electrons. The Bertz CT molecular complexity index is 194. The van der Waals surface area contributed by atoms with E-state index in [0.29, 0.717) is 12.5 Å². The number of hydrogen-bond acceptors (Lipinski definition) is 3. The molecular weight excluding hydrogens is 216 g/mol. The van der Waals surface area contributed by atoms with Crippen LogP contribution >= 0.6 is 0 Å². The minimum Gasteiger partial charge on any atom is -0.396 e. The molecule has 1 atom stereocenters. The smallest absolute Gasteiger partial charge is 0.157 e. The van der Waals surface area contributed by atoms with Crippen LogP contribution in [0.15, 0.2) is 0 Å². The van der Waals surface area contributed by atoms with E-state index >= 15 is 0 Å². The summed E-state index contributed by atoms with van der Waals surface area (Å²) in [5.41, 5.74) is 0. The first-order valence-electron chi connectivity index (χ1n) is 7.22. The van der Waals surface area contributed by atoms with Gasteiger partial charge in [-0.15, -0.1) is 0 Å². The maximum atomic E-state index is 9.08. The Hall–Kier alpha value is -0.120. The molecule has 0 aromatic heterocycles. The summed E-state index contributed by atoms with van der Waals surface area (Å²) in [6.07, 6.45) is 9.65. The van der Waals surface area contributed by atoms with Crippen LogP contribution in [0.4, 0.5) is 0 Å². The molecule has 2 rings (SSSR count). The lowest BCUT2D eigenvalue weighted by atomic mass is 9.81. The predicted molar refractivity (Wildman–Crippen MR) is 66.7 cm³/mol. The van der Waals surface area contributed by atoms with Crippen LogP contribution in [-0.2, 0) is 9.47 Å². The third-order valence-electron chi connectivity index (χ3n) is 4.19. The van der Waals surface area contributed by atoms with Gasteiger partial charge >= 0.3 is 0 Å². The van der Waals surface area contributed by atoms with Crippen molar-refractivity contribution in [2.75, 3.05) is 19.8 Å². The maximum Gasteiger partial charge on any atom is 0.157 e. The maximum absolute atomic E-state index is 9.08. The third kappa shape index (κ3) is 4.57. The number of aliphatic hydroxyl groups excluding tert-OH is 1. The van der Waals surface area contributed by atoms with Crippen molar-refractivity contribution < 1.29 is 14.6 Å². The summed E-state index contributed by atoms with van der Waals surface area (Å²) in [5, 5.41) is 9.08. The van der Waals surface area contributed by atoms with Crippen LogP contribution in [0.1, 0.15) is 51.4 Å². The molecule has 3 nitrogen and oxygen atoms in total. The molecule has 1 unspecified atom stereocenters. The van der Waals surface area contributed by atoms with E-state index in [1.807, 2.05) is 0 Å². The van der Waals surface area contributed by atoms with Gasteiger partial charge in [-0.25, -0.2) is 0 Å². The fourth-order valence-electron chi connectivity index (χ4n) is 2.91. The monoisotopic (exact) mass is 242 g/mol. The molecule has 1 heterocycles. The Labute approximate surface area is 104 Å². The highest BCUT2D eigenvalue weighted by molar-refractivity contribution is 4.72. The fraction of sp³-hybridized carbons (Fsp3) is 1.00. The molecule has 1 aliphatic heterocycles. The first kappa shape index (κ1) is 13.3. The van der Waals surface area contributed by atoms with Crippen LogP contribution in [0.3, 0.4) is 0 Å². The average Bonchev–Trinajstić information content (AvgIpc) is 2.41. The topological polar surface area (TPSA) is 38.7 Å². The number of rotatable bonds is 5. The molecule has 3 heteroatoms. The Morgan fingerprint density at radius 2 is 1.76 bits per heavy atom. The zero-order valence-corrected chi connectivity index (χ0v) is 10.8. The van der Waals surface area contributed by atoms with E-state index in [1.165, 1.54) is 38.5 Å². The first-order chi connectivity index (χ1) is 8.38. The van der Waals surface area contributed by atoms with Gasteiger partial charge in [0.25, 0.3) is 0 Å². The van der Waals surface area contributed by atoms with Crippen molar-refractivity contribution in [3.63, 3.8) is 0 Å². The molecule has 0 spiro atoms. The zero-order valence-electron chi connectivity index (χ0n) is 10.8. The summed E-state index contributed by atoms with van der Waals surface area (Å²) < 4.78 is 11.3. The van der Waals surface area contributed by atoms with Crippen LogP contribution in [0.5, 0.6) is 0 Å². The van der Waals surface area contributed by atoms with Crippen LogP contribution in [-0.4, -0.2) is 31.2 Å². The van der Waals surface area contributed by atoms with Gasteiger partial charge in [-0.2, -0.15) is 0 Å². The minimum atomic E-state index is 0.0672. The molecule has 0 aromatic carbocycles. The number of ether oxygens (including phenoxy) is 2. The van der Waals surface area contributed by atoms with E-state index in [2.05, 4.69) is 0 Å². The molecule has 1 aliphatic carbocycles. The quantitative estimate of drug-likeness (QED) is 0.805. The van der Waals surface area contributed by atoms with Crippen molar-refractivity contribution in [3.05, 3.63) is 0 Å². The van der Waals surface area contributed by atoms with E-state index < -0.39 is 0 Å². The second kappa shape index (κ2) is 7.34. The summed E-state index contributed by atoms with van der Waals surface area (Å²) in [6, 6.07) is 0. The van der Waals surface area contributed by atoms with Gasteiger partial charge < -0.3 is 14.6 Å². The van der Waals surface area contributed by atoms with Crippen LogP contribution in [0.25, 0.3) is 0 Å². The number of aliphatic hydroxyl groups is 1. The van der Waals surface area contributed by atoms with Gasteiger partial charge in [0.1, 0.15) is 0 Å². The highest BCUT2D eigenvalue weighted by Crippen LogP contribution is 2.30. The van der Waals surface area contributed by atoms with Crippen molar-refractivity contribution in [2.45, 2.75) is 57.7 Å². The normalized spacial score (nSPS) is 34.8. The summed E-state index contributed by atoms with van der Waals surface area (Å²) in [5.74, 6) is 1.37. The van der Waals surface area contributed by atoms with E-state index in [1.54, 1.807) is 0 Å². The lowest BCUT2D eigenvalue weighted by molar-refractivity contribution is -0.164. The van der Waals surface area contributed by atoms with Crippen LogP contribution in [0.2, 0.25) is 0 Å². The van der Waals surface area contributed by atoms with Crippen molar-refractivity contribution in [1.29, 1.82) is 0 Å². The summed E-state index contributed by atoms with van der Waals surface area (Å²) in [6.45, 7) is 2.09. The van der Waals surface area contributed by atoms with Gasteiger partial charge in [0.05, 0.1) is 0 Å². The van der Waals surface area contributed by atoms with Crippen LogP contribution < -0.4 is 0 Å². The Morgan fingerprint density at radius 1 is 1.00 bits per heavy atom. The minimum absolute atomic E-state index is 0.0672. The largest absolute Gasteiger partial charge is 0.396 e. The fourth-order valence-corrected chi connectivity index (χ4v) is 2.91. The molecule has 100 valence electrons. The summed E-state index contributed by atoms with van der Waals surface area (Å²) in [4.78, 5) is 0. The van der Waals surface area contributed by atoms with Crippen LogP contribution in [0, 0.1) is 11.8 Å². The highest BCUT2D eigenvalue weighted by Gasteiger charge is 2.21. The second-order valence-electron chi connectivity index (χ2n) is 5.52. The molecular formula is C14H26O3. The number of hydrogen-bond donors (Lipinski definition) is 1. The van der Waals surface area contributed by atoms with Gasteiger partial charge in [-0.3, -0.25) is 0 Å². The second-order valence-corrected chi connectivity index (χ2v) is 5.52. The highest BCUT2D eigenvalue weighted by atomic mass is 16.7. The van der Waals surface area contributed by atoms with Gasteiger partial charge in [0, 0.05) is 19.8 Å². The zero-order chi connectivity index (χ0) is 11.9. The van der Waals surface area contributed by atoms with Gasteiger partial charge in [0.2, 0.25) is 0 Å². The molecule has 1 saturated carbocycles. The van der Waals surface area contributed by atoms with E-state index in [9.17, 15) is 0 Å². The Kier molecular flexibility index (Phi) is 5.75. The molecule has 2 aliphatic rings. The lowest BCUT2D eigenvalue weighted by Crippen LogP contribution is -2.24. The summed E-state index contributed by atoms with van der Waals surface area (Å²) in [7, 11) is 0. The molecule has 0 aromatic rings. The van der Waals surface area contributed by atoms with Crippen molar-refractivity contribution in [3.8, 4) is 0 Å². The van der Waals surface area contributed by atoms with E-state index in [4.69, 9.17) is 14.6 Å². The van der Waals surface area contributed by atoms with E-state index in [-0.39, 0.29) is 6.29 Å². The summed E-state index contributed by atoms with van der Waals surface area (Å²) >= 11 is 0. The van der Waals surface area contributed by atoms with E-state index in [0.717, 1.165) is 32.0 Å².